The number of nitrogens with one attached hydrogen (secondary N) is 1. The zero-order chi connectivity index (χ0) is 14.2. The summed E-state index contributed by atoms with van der Waals surface area (Å²) >= 11 is 0. The van der Waals surface area contributed by atoms with Crippen molar-refractivity contribution in [3.8, 4) is 0 Å². The minimum atomic E-state index is -0.315. The van der Waals surface area contributed by atoms with E-state index in [1.54, 1.807) is 0 Å². The normalized spacial score (nSPS) is 22.8. The van der Waals surface area contributed by atoms with Gasteiger partial charge < -0.3 is 4.84 Å². The van der Waals surface area contributed by atoms with E-state index in [1.807, 2.05) is 6.07 Å². The number of hydrogen-bond donors (Lipinski definition) is 1. The van der Waals surface area contributed by atoms with Crippen LogP contribution in [0.3, 0.4) is 0 Å². The molecule has 0 spiro atoms. The Bertz CT molecular complexity index is 514. The molecule has 2 aliphatic rings. The molecule has 3 rings (SSSR count). The Kier molecular flexibility index (Phi) is 3.55. The molecule has 1 fully saturated rings. The summed E-state index contributed by atoms with van der Waals surface area (Å²) in [6.45, 7) is 4.10. The van der Waals surface area contributed by atoms with Crippen LogP contribution in [0.1, 0.15) is 79.8 Å². The molecule has 1 aliphatic carbocycles. The molecule has 0 unspecified atom stereocenters. The van der Waals surface area contributed by atoms with E-state index in [0.717, 1.165) is 5.56 Å². The molecule has 0 aromatic heterocycles. The number of carbonyl (C=O) groups excluding carboxylic acids is 1. The van der Waals surface area contributed by atoms with Crippen LogP contribution in [0.2, 0.25) is 0 Å². The van der Waals surface area contributed by atoms with E-state index in [9.17, 15) is 4.79 Å². The van der Waals surface area contributed by atoms with Gasteiger partial charge in [-0.15, -0.1) is 5.48 Å². The topological polar surface area (TPSA) is 38.3 Å². The molecule has 1 aromatic rings. The summed E-state index contributed by atoms with van der Waals surface area (Å²) in [6, 6.07) is 6.29. The third-order valence-corrected chi connectivity index (χ3v) is 4.66. The Morgan fingerprint density at radius 1 is 1.15 bits per heavy atom. The van der Waals surface area contributed by atoms with Crippen molar-refractivity contribution in [3.63, 3.8) is 0 Å². The van der Waals surface area contributed by atoms with E-state index in [1.165, 1.54) is 44.1 Å². The van der Waals surface area contributed by atoms with E-state index < -0.39 is 0 Å². The predicted octanol–water partition coefficient (Wildman–Crippen LogP) is 4.03. The molecular formula is C17H23NO2. The van der Waals surface area contributed by atoms with Crippen molar-refractivity contribution in [3.05, 3.63) is 34.9 Å². The van der Waals surface area contributed by atoms with Gasteiger partial charge in [-0.25, -0.2) is 4.79 Å². The van der Waals surface area contributed by atoms with Crippen LogP contribution < -0.4 is 5.48 Å². The fourth-order valence-electron chi connectivity index (χ4n) is 3.41. The monoisotopic (exact) mass is 273 g/mol. The fraction of sp³-hybridized carbons (Fsp3) is 0.588. The van der Waals surface area contributed by atoms with Gasteiger partial charge >= 0.3 is 5.97 Å². The van der Waals surface area contributed by atoms with Crippen molar-refractivity contribution in [2.75, 3.05) is 0 Å². The van der Waals surface area contributed by atoms with Crippen LogP contribution in [0.25, 0.3) is 0 Å². The maximum absolute atomic E-state index is 11.8. The summed E-state index contributed by atoms with van der Waals surface area (Å²) in [6.07, 6.45) is 7.92. The lowest BCUT2D eigenvalue weighted by Gasteiger charge is -2.32. The van der Waals surface area contributed by atoms with Gasteiger partial charge in [0.15, 0.2) is 0 Å². The molecule has 1 aromatic carbocycles. The van der Waals surface area contributed by atoms with Crippen LogP contribution >= 0.6 is 0 Å². The first kappa shape index (κ1) is 13.6. The van der Waals surface area contributed by atoms with Gasteiger partial charge in [-0.3, -0.25) is 0 Å². The molecule has 0 bridgehead atoms. The Labute approximate surface area is 120 Å². The summed E-state index contributed by atoms with van der Waals surface area (Å²) < 4.78 is 0. The van der Waals surface area contributed by atoms with E-state index in [0.29, 0.717) is 11.5 Å². The number of benzene rings is 1. The Balaban J connectivity index is 1.96. The highest BCUT2D eigenvalue weighted by molar-refractivity contribution is 5.92. The molecule has 3 heteroatoms. The van der Waals surface area contributed by atoms with Gasteiger partial charge in [-0.1, -0.05) is 37.8 Å². The molecule has 1 aliphatic heterocycles. The predicted molar refractivity (Wildman–Crippen MR) is 78.5 cm³/mol. The summed E-state index contributed by atoms with van der Waals surface area (Å²) in [7, 11) is 0. The first-order chi connectivity index (χ1) is 9.58. The first-order valence-electron chi connectivity index (χ1n) is 7.71. The van der Waals surface area contributed by atoms with Gasteiger partial charge in [0.25, 0.3) is 0 Å². The van der Waals surface area contributed by atoms with Gasteiger partial charge in [-0.2, -0.15) is 0 Å². The van der Waals surface area contributed by atoms with E-state index in [4.69, 9.17) is 4.84 Å². The fourth-order valence-corrected chi connectivity index (χ4v) is 3.41. The molecule has 0 saturated heterocycles. The van der Waals surface area contributed by atoms with Gasteiger partial charge in [0.05, 0.1) is 11.1 Å². The van der Waals surface area contributed by atoms with Crippen LogP contribution in [-0.4, -0.2) is 5.97 Å². The van der Waals surface area contributed by atoms with Gasteiger partial charge in [0.1, 0.15) is 0 Å². The second-order valence-electron chi connectivity index (χ2n) is 6.61. The van der Waals surface area contributed by atoms with Crippen LogP contribution in [-0.2, 0) is 10.4 Å². The molecular weight excluding hydrogens is 250 g/mol. The van der Waals surface area contributed by atoms with Crippen LogP contribution in [0.15, 0.2) is 18.2 Å². The van der Waals surface area contributed by atoms with Gasteiger partial charge in [0, 0.05) is 0 Å². The molecule has 0 atom stereocenters. The van der Waals surface area contributed by atoms with E-state index in [-0.39, 0.29) is 11.5 Å². The molecule has 0 radical (unpaired) electrons. The highest BCUT2D eigenvalue weighted by atomic mass is 16.7. The first-order valence-corrected chi connectivity index (χ1v) is 7.71. The van der Waals surface area contributed by atoms with Crippen molar-refractivity contribution >= 4 is 5.97 Å². The maximum atomic E-state index is 11.8. The molecule has 0 amide bonds. The van der Waals surface area contributed by atoms with Crippen molar-refractivity contribution in [2.24, 2.45) is 0 Å². The Morgan fingerprint density at radius 2 is 1.85 bits per heavy atom. The van der Waals surface area contributed by atoms with Crippen LogP contribution in [0.4, 0.5) is 0 Å². The largest absolute Gasteiger partial charge is 0.366 e. The van der Waals surface area contributed by atoms with Crippen molar-refractivity contribution in [2.45, 2.75) is 63.8 Å². The zero-order valence-corrected chi connectivity index (χ0v) is 12.4. The number of carbonyl (C=O) groups is 1. The lowest BCUT2D eigenvalue weighted by Crippen LogP contribution is -2.44. The van der Waals surface area contributed by atoms with E-state index >= 15 is 0 Å². The van der Waals surface area contributed by atoms with Gasteiger partial charge in [-0.05, 0) is 49.8 Å². The Hall–Kier alpha value is -1.35. The summed E-state index contributed by atoms with van der Waals surface area (Å²) in [5.74, 6) is 0.378. The van der Waals surface area contributed by atoms with Crippen LogP contribution in [0, 0.1) is 0 Å². The smallest absolute Gasteiger partial charge is 0.357 e. The number of rotatable bonds is 1. The average molecular weight is 273 g/mol. The lowest BCUT2D eigenvalue weighted by molar-refractivity contribution is -0.00805. The van der Waals surface area contributed by atoms with Crippen LogP contribution in [0.5, 0.6) is 0 Å². The number of hydroxylamine groups is 1. The average Bonchev–Trinajstić information content (AvgIpc) is 2.72. The third kappa shape index (κ3) is 2.47. The summed E-state index contributed by atoms with van der Waals surface area (Å²) in [5.41, 5.74) is 5.69. The minimum absolute atomic E-state index is 0.272. The highest BCUT2D eigenvalue weighted by Gasteiger charge is 2.33. The SMILES string of the molecule is CC1(C)NOC(=O)c2ccc(C3CCCCCC3)cc21. The molecule has 20 heavy (non-hydrogen) atoms. The molecule has 1 saturated carbocycles. The number of hydrogen-bond acceptors (Lipinski definition) is 3. The second-order valence-corrected chi connectivity index (χ2v) is 6.61. The highest BCUT2D eigenvalue weighted by Crippen LogP contribution is 2.36. The zero-order valence-electron chi connectivity index (χ0n) is 12.4. The third-order valence-electron chi connectivity index (χ3n) is 4.66. The minimum Gasteiger partial charge on any atom is -0.366 e. The van der Waals surface area contributed by atoms with Crippen molar-refractivity contribution < 1.29 is 9.63 Å². The summed E-state index contributed by atoms with van der Waals surface area (Å²) in [4.78, 5) is 16.9. The second kappa shape index (κ2) is 5.21. The van der Waals surface area contributed by atoms with E-state index in [2.05, 4.69) is 31.5 Å². The quantitative estimate of drug-likeness (QED) is 0.785. The molecule has 108 valence electrons. The standard InChI is InChI=1S/C17H23NO2/c1-17(2)15-11-13(12-7-5-3-4-6-8-12)9-10-14(15)16(19)20-18-17/h9-12,18H,3-8H2,1-2H3. The Morgan fingerprint density at radius 3 is 2.55 bits per heavy atom. The van der Waals surface area contributed by atoms with Crippen molar-refractivity contribution in [1.29, 1.82) is 0 Å². The maximum Gasteiger partial charge on any atom is 0.357 e. The molecule has 3 nitrogen and oxygen atoms in total. The number of fused-ring (bicyclic) bond motifs is 1. The van der Waals surface area contributed by atoms with Gasteiger partial charge in [0.2, 0.25) is 0 Å². The van der Waals surface area contributed by atoms with Crippen molar-refractivity contribution in [1.82, 2.24) is 5.48 Å². The summed E-state index contributed by atoms with van der Waals surface area (Å²) in [5, 5.41) is 0. The molecule has 1 heterocycles. The molecule has 1 N–H and O–H groups in total. The lowest BCUT2D eigenvalue weighted by atomic mass is 9.84.